The zero-order chi connectivity index (χ0) is 10.6. The highest BCUT2D eigenvalue weighted by atomic mass is 16.1. The Kier molecular flexibility index (Phi) is 3.36. The molecule has 0 atom stereocenters. The van der Waals surface area contributed by atoms with E-state index in [1.807, 2.05) is 0 Å². The molecule has 4 nitrogen and oxygen atoms in total. The Morgan fingerprint density at radius 3 is 2.36 bits per heavy atom. The van der Waals surface area contributed by atoms with Gasteiger partial charge in [0, 0.05) is 11.1 Å². The molecule has 3 N–H and O–H groups in total. The summed E-state index contributed by atoms with van der Waals surface area (Å²) in [6.07, 6.45) is 0. The molecule has 0 aliphatic heterocycles. The molecule has 0 heterocycles. The second-order valence-corrected chi connectivity index (χ2v) is 2.86. The van der Waals surface area contributed by atoms with Crippen LogP contribution in [0.1, 0.15) is 20.7 Å². The third-order valence-electron chi connectivity index (χ3n) is 1.83. The van der Waals surface area contributed by atoms with Crippen LogP contribution in [-0.4, -0.2) is 25.3 Å². The maximum absolute atomic E-state index is 11.5. The smallest absolute Gasteiger partial charge is 0.249 e. The first-order valence-corrected chi connectivity index (χ1v) is 4.23. The van der Waals surface area contributed by atoms with Crippen LogP contribution in [0.15, 0.2) is 24.3 Å². The fraction of sp³-hybridized carbons (Fsp3) is 0.200. The van der Waals surface area contributed by atoms with Crippen molar-refractivity contribution in [3.63, 3.8) is 0 Å². The highest BCUT2D eigenvalue weighted by Crippen LogP contribution is 2.08. The molecular formula is C10H12N2O2. The second kappa shape index (κ2) is 4.53. The summed E-state index contributed by atoms with van der Waals surface area (Å²) in [7, 11) is 1.67. The van der Waals surface area contributed by atoms with Gasteiger partial charge in [0.1, 0.15) is 0 Å². The van der Waals surface area contributed by atoms with Crippen LogP contribution >= 0.6 is 0 Å². The van der Waals surface area contributed by atoms with E-state index in [9.17, 15) is 9.59 Å². The minimum Gasteiger partial charge on any atom is -0.366 e. The van der Waals surface area contributed by atoms with E-state index < -0.39 is 5.91 Å². The van der Waals surface area contributed by atoms with E-state index in [-0.39, 0.29) is 17.9 Å². The predicted molar refractivity (Wildman–Crippen MR) is 53.2 cm³/mol. The molecule has 0 aliphatic carbocycles. The van der Waals surface area contributed by atoms with E-state index in [2.05, 4.69) is 5.32 Å². The number of likely N-dealkylation sites (N-methyl/N-ethyl adjacent to an activating group) is 1. The Balaban J connectivity index is 3.07. The fourth-order valence-corrected chi connectivity index (χ4v) is 1.20. The van der Waals surface area contributed by atoms with Crippen LogP contribution in [0.2, 0.25) is 0 Å². The van der Waals surface area contributed by atoms with Crippen LogP contribution in [-0.2, 0) is 0 Å². The molecule has 0 radical (unpaired) electrons. The molecule has 74 valence electrons. The topological polar surface area (TPSA) is 72.2 Å². The summed E-state index contributed by atoms with van der Waals surface area (Å²) in [5.74, 6) is -0.716. The zero-order valence-electron chi connectivity index (χ0n) is 7.91. The molecule has 0 aliphatic rings. The molecule has 1 aromatic rings. The lowest BCUT2D eigenvalue weighted by atomic mass is 10.0. The maximum atomic E-state index is 11.5. The lowest BCUT2D eigenvalue weighted by Gasteiger charge is -2.04. The summed E-state index contributed by atoms with van der Waals surface area (Å²) in [6.45, 7) is 0.199. The van der Waals surface area contributed by atoms with Crippen molar-refractivity contribution < 1.29 is 9.59 Å². The SMILES string of the molecule is CNCC(=O)c1ccccc1C(N)=O. The van der Waals surface area contributed by atoms with E-state index in [4.69, 9.17) is 5.73 Å². The molecule has 0 spiro atoms. The van der Waals surface area contributed by atoms with Gasteiger partial charge in [-0.25, -0.2) is 0 Å². The van der Waals surface area contributed by atoms with E-state index in [0.717, 1.165) is 0 Å². The largest absolute Gasteiger partial charge is 0.366 e. The summed E-state index contributed by atoms with van der Waals surface area (Å²) in [4.78, 5) is 22.5. The number of carbonyl (C=O) groups excluding carboxylic acids is 2. The number of rotatable bonds is 4. The Bertz CT molecular complexity index is 361. The van der Waals surface area contributed by atoms with E-state index in [0.29, 0.717) is 5.56 Å². The highest BCUT2D eigenvalue weighted by Gasteiger charge is 2.12. The van der Waals surface area contributed by atoms with Gasteiger partial charge in [-0.05, 0) is 13.1 Å². The Morgan fingerprint density at radius 2 is 1.86 bits per heavy atom. The Morgan fingerprint density at radius 1 is 1.29 bits per heavy atom. The third kappa shape index (κ3) is 2.17. The van der Waals surface area contributed by atoms with Crippen LogP contribution < -0.4 is 11.1 Å². The summed E-state index contributed by atoms with van der Waals surface area (Å²) in [5.41, 5.74) is 5.78. The van der Waals surface area contributed by atoms with Crippen molar-refractivity contribution in [2.75, 3.05) is 13.6 Å². The minimum absolute atomic E-state index is 0.137. The summed E-state index contributed by atoms with van der Waals surface area (Å²) >= 11 is 0. The van der Waals surface area contributed by atoms with Gasteiger partial charge >= 0.3 is 0 Å². The fourth-order valence-electron chi connectivity index (χ4n) is 1.20. The summed E-state index contributed by atoms with van der Waals surface area (Å²) < 4.78 is 0. The average Bonchev–Trinajstić information content (AvgIpc) is 2.18. The maximum Gasteiger partial charge on any atom is 0.249 e. The lowest BCUT2D eigenvalue weighted by molar-refractivity contribution is 0.0964. The molecule has 14 heavy (non-hydrogen) atoms. The summed E-state index contributed by atoms with van der Waals surface area (Å²) in [6, 6.07) is 6.52. The van der Waals surface area contributed by atoms with Crippen molar-refractivity contribution in [1.29, 1.82) is 0 Å². The first-order valence-electron chi connectivity index (χ1n) is 4.23. The van der Waals surface area contributed by atoms with Gasteiger partial charge in [-0.3, -0.25) is 9.59 Å². The van der Waals surface area contributed by atoms with E-state index in [1.165, 1.54) is 0 Å². The van der Waals surface area contributed by atoms with Gasteiger partial charge < -0.3 is 11.1 Å². The molecular weight excluding hydrogens is 180 g/mol. The second-order valence-electron chi connectivity index (χ2n) is 2.86. The van der Waals surface area contributed by atoms with Gasteiger partial charge in [0.15, 0.2) is 5.78 Å². The number of amides is 1. The number of primary amides is 1. The first kappa shape index (κ1) is 10.4. The molecule has 1 aromatic carbocycles. The molecule has 1 rings (SSSR count). The number of hydrogen-bond donors (Lipinski definition) is 2. The average molecular weight is 192 g/mol. The number of carbonyl (C=O) groups is 2. The molecule has 4 heteroatoms. The molecule has 1 amide bonds. The molecule has 0 unspecified atom stereocenters. The molecule has 0 saturated heterocycles. The van der Waals surface area contributed by atoms with Crippen molar-refractivity contribution in [1.82, 2.24) is 5.32 Å². The third-order valence-corrected chi connectivity index (χ3v) is 1.83. The molecule has 0 aromatic heterocycles. The number of benzene rings is 1. The summed E-state index contributed by atoms with van der Waals surface area (Å²) in [5, 5.41) is 2.73. The Hall–Kier alpha value is -1.68. The molecule has 0 bridgehead atoms. The van der Waals surface area contributed by atoms with Crippen molar-refractivity contribution >= 4 is 11.7 Å². The molecule has 0 fully saturated rings. The van der Waals surface area contributed by atoms with Crippen LogP contribution in [0.25, 0.3) is 0 Å². The van der Waals surface area contributed by atoms with Crippen LogP contribution in [0, 0.1) is 0 Å². The van der Waals surface area contributed by atoms with Gasteiger partial charge in [0.2, 0.25) is 5.91 Å². The predicted octanol–water partition coefficient (Wildman–Crippen LogP) is 0.188. The van der Waals surface area contributed by atoms with Gasteiger partial charge in [0.05, 0.1) is 6.54 Å². The number of hydrogen-bond acceptors (Lipinski definition) is 3. The van der Waals surface area contributed by atoms with Crippen molar-refractivity contribution in [3.8, 4) is 0 Å². The molecule has 0 saturated carbocycles. The minimum atomic E-state index is -0.579. The lowest BCUT2D eigenvalue weighted by Crippen LogP contribution is -2.22. The van der Waals surface area contributed by atoms with E-state index in [1.54, 1.807) is 31.3 Å². The number of nitrogens with one attached hydrogen (secondary N) is 1. The van der Waals surface area contributed by atoms with Gasteiger partial charge in [-0.1, -0.05) is 18.2 Å². The number of Topliss-reactive ketones (excluding diaryl/α,β-unsaturated/α-hetero) is 1. The van der Waals surface area contributed by atoms with Crippen molar-refractivity contribution in [2.24, 2.45) is 5.73 Å². The normalized spacial score (nSPS) is 9.79. The number of ketones is 1. The monoisotopic (exact) mass is 192 g/mol. The van der Waals surface area contributed by atoms with Crippen LogP contribution in [0.4, 0.5) is 0 Å². The quantitative estimate of drug-likeness (QED) is 0.669. The zero-order valence-corrected chi connectivity index (χ0v) is 7.91. The van der Waals surface area contributed by atoms with Crippen molar-refractivity contribution in [2.45, 2.75) is 0 Å². The standard InChI is InChI=1S/C10H12N2O2/c1-12-6-9(13)7-4-2-3-5-8(7)10(11)14/h2-5,12H,6H2,1H3,(H2,11,14). The Labute approximate surface area is 82.1 Å². The van der Waals surface area contributed by atoms with Gasteiger partial charge in [-0.15, -0.1) is 0 Å². The number of nitrogens with two attached hydrogens (primary N) is 1. The van der Waals surface area contributed by atoms with Crippen molar-refractivity contribution in [3.05, 3.63) is 35.4 Å². The van der Waals surface area contributed by atoms with E-state index >= 15 is 0 Å². The first-order chi connectivity index (χ1) is 6.66. The van der Waals surface area contributed by atoms with Gasteiger partial charge in [0.25, 0.3) is 0 Å². The highest BCUT2D eigenvalue weighted by molar-refractivity contribution is 6.08. The van der Waals surface area contributed by atoms with Crippen LogP contribution in [0.3, 0.4) is 0 Å². The van der Waals surface area contributed by atoms with Gasteiger partial charge in [-0.2, -0.15) is 0 Å². The van der Waals surface area contributed by atoms with Crippen LogP contribution in [0.5, 0.6) is 0 Å².